The zero-order chi connectivity index (χ0) is 30.2. The van der Waals surface area contributed by atoms with E-state index < -0.39 is 48.2 Å². The van der Waals surface area contributed by atoms with Gasteiger partial charge < -0.3 is 24.4 Å². The van der Waals surface area contributed by atoms with Gasteiger partial charge in [-0.25, -0.2) is 14.8 Å². The number of Topliss-reactive ketones (excluding diaryl/α,β-unsaturated/α-hetero) is 1. The quantitative estimate of drug-likeness (QED) is 0.563. The zero-order valence-electron chi connectivity index (χ0n) is 25.0. The minimum atomic E-state index is -1.05. The Kier molecular flexibility index (Phi) is 8.57. The molecule has 1 aromatic heterocycles. The number of rotatable bonds is 3. The molecule has 1 saturated heterocycles. The second-order valence-corrected chi connectivity index (χ2v) is 12.8. The third kappa shape index (κ3) is 6.29. The molecule has 11 heteroatoms. The molecule has 2 amide bonds. The van der Waals surface area contributed by atoms with Crippen LogP contribution in [-0.2, 0) is 20.7 Å². The van der Waals surface area contributed by atoms with Gasteiger partial charge in [0.25, 0.3) is 0 Å². The largest absolute Gasteiger partial charge is 0.497 e. The molecule has 2 aromatic rings. The van der Waals surface area contributed by atoms with Gasteiger partial charge in [-0.3, -0.25) is 14.0 Å². The summed E-state index contributed by atoms with van der Waals surface area (Å²) >= 11 is 0. The third-order valence-corrected chi connectivity index (χ3v) is 8.62. The summed E-state index contributed by atoms with van der Waals surface area (Å²) < 4.78 is 32.1. The molecule has 10 nitrogen and oxygen atoms in total. The summed E-state index contributed by atoms with van der Waals surface area (Å²) in [6.45, 7) is 5.91. The molecule has 2 fully saturated rings. The fourth-order valence-electron chi connectivity index (χ4n) is 6.16. The van der Waals surface area contributed by atoms with Crippen LogP contribution in [0.3, 0.4) is 0 Å². The number of alkyl carbamates (subject to hydrolysis) is 1. The number of alkyl halides is 1. The number of amides is 2. The molecule has 6 atom stereocenters. The number of aromatic nitrogens is 2. The van der Waals surface area contributed by atoms with Crippen molar-refractivity contribution in [2.75, 3.05) is 20.3 Å². The molecule has 2 bridgehead atoms. The lowest BCUT2D eigenvalue weighted by molar-refractivity contribution is -0.141. The van der Waals surface area contributed by atoms with E-state index in [-0.39, 0.29) is 24.3 Å². The fraction of sp³-hybridized carbons (Fsp3) is 0.645. The Balaban J connectivity index is 1.53. The molecule has 228 valence electrons. The molecule has 42 heavy (non-hydrogen) atoms. The summed E-state index contributed by atoms with van der Waals surface area (Å²) in [7, 11) is 1.57. The lowest BCUT2D eigenvalue weighted by atomic mass is 9.85. The van der Waals surface area contributed by atoms with Crippen LogP contribution in [0.4, 0.5) is 9.18 Å². The van der Waals surface area contributed by atoms with Crippen molar-refractivity contribution >= 4 is 28.8 Å². The number of carbonyl (C=O) groups excluding carboxylic acids is 3. The van der Waals surface area contributed by atoms with Crippen molar-refractivity contribution in [3.63, 3.8) is 0 Å². The van der Waals surface area contributed by atoms with Gasteiger partial charge in [0.1, 0.15) is 29.7 Å². The van der Waals surface area contributed by atoms with Gasteiger partial charge in [0.05, 0.1) is 43.3 Å². The topological polar surface area (TPSA) is 120 Å². The third-order valence-electron chi connectivity index (χ3n) is 8.62. The van der Waals surface area contributed by atoms with Crippen molar-refractivity contribution in [3.8, 4) is 11.6 Å². The van der Waals surface area contributed by atoms with Gasteiger partial charge in [0.15, 0.2) is 5.78 Å². The maximum Gasteiger partial charge on any atom is 0.408 e. The van der Waals surface area contributed by atoms with Gasteiger partial charge in [-0.2, -0.15) is 0 Å². The smallest absolute Gasteiger partial charge is 0.408 e. The average molecular weight is 585 g/mol. The van der Waals surface area contributed by atoms with Crippen molar-refractivity contribution in [2.24, 2.45) is 17.3 Å². The van der Waals surface area contributed by atoms with E-state index in [0.717, 1.165) is 32.1 Å². The molecule has 0 unspecified atom stereocenters. The van der Waals surface area contributed by atoms with Crippen LogP contribution in [0.1, 0.15) is 65.5 Å². The summed E-state index contributed by atoms with van der Waals surface area (Å²) in [6.07, 6.45) is 3.46. The first-order valence-corrected chi connectivity index (χ1v) is 14.9. The van der Waals surface area contributed by atoms with Crippen LogP contribution in [0.15, 0.2) is 18.2 Å². The Morgan fingerprint density at radius 2 is 1.90 bits per heavy atom. The number of nitrogens with zero attached hydrogens (tertiary/aromatic N) is 3. The SMILES string of the molecule is COc1ccc2nc3c(nc2c1)O[C@H]1CN(C(=O)[C@H](C(C)(C)C)NC(=O)O[C@@H]2C[C@H]2CCCCC3)[C@H](C(C)=O)[C@@H]1CF. The summed E-state index contributed by atoms with van der Waals surface area (Å²) in [5.74, 6) is -0.553. The monoisotopic (exact) mass is 584 g/mol. The van der Waals surface area contributed by atoms with Crippen LogP contribution in [0.25, 0.3) is 11.0 Å². The maximum absolute atomic E-state index is 14.7. The van der Waals surface area contributed by atoms with Gasteiger partial charge in [0.2, 0.25) is 11.8 Å². The normalized spacial score (nSPS) is 28.9. The molecule has 0 radical (unpaired) electrons. The molecule has 3 heterocycles. The van der Waals surface area contributed by atoms with Crippen LogP contribution in [0.5, 0.6) is 11.6 Å². The molecule has 5 rings (SSSR count). The maximum atomic E-state index is 14.7. The predicted molar refractivity (Wildman–Crippen MR) is 153 cm³/mol. The molecule has 1 N–H and O–H groups in total. The van der Waals surface area contributed by atoms with Gasteiger partial charge in [-0.15, -0.1) is 0 Å². The molecule has 1 aromatic carbocycles. The molecular weight excluding hydrogens is 543 g/mol. The van der Waals surface area contributed by atoms with E-state index in [1.54, 1.807) is 13.2 Å². The Morgan fingerprint density at radius 1 is 1.12 bits per heavy atom. The number of ketones is 1. The van der Waals surface area contributed by atoms with Gasteiger partial charge in [-0.1, -0.05) is 33.6 Å². The highest BCUT2D eigenvalue weighted by Crippen LogP contribution is 2.39. The Bertz CT molecular complexity index is 1350. The van der Waals surface area contributed by atoms with E-state index in [1.807, 2.05) is 32.9 Å². The summed E-state index contributed by atoms with van der Waals surface area (Å²) in [5.41, 5.74) is 1.20. The van der Waals surface area contributed by atoms with Crippen molar-refractivity contribution < 1.29 is 33.0 Å². The van der Waals surface area contributed by atoms with E-state index in [9.17, 15) is 18.8 Å². The van der Waals surface area contributed by atoms with E-state index >= 15 is 0 Å². The number of carbonyl (C=O) groups is 3. The number of fused-ring (bicyclic) bond motifs is 5. The summed E-state index contributed by atoms with van der Waals surface area (Å²) in [4.78, 5) is 50.8. The minimum absolute atomic E-state index is 0.0387. The molecule has 1 aliphatic carbocycles. The lowest BCUT2D eigenvalue weighted by Gasteiger charge is -2.35. The van der Waals surface area contributed by atoms with Crippen LogP contribution >= 0.6 is 0 Å². The second-order valence-electron chi connectivity index (χ2n) is 12.8. The molecule has 0 spiro atoms. The van der Waals surface area contributed by atoms with Gasteiger partial charge in [-0.05, 0) is 56.1 Å². The number of hydrogen-bond acceptors (Lipinski definition) is 8. The van der Waals surface area contributed by atoms with E-state index in [1.165, 1.54) is 11.8 Å². The second kappa shape index (κ2) is 12.0. The van der Waals surface area contributed by atoms with E-state index in [2.05, 4.69) is 5.32 Å². The highest BCUT2D eigenvalue weighted by molar-refractivity contribution is 5.92. The van der Waals surface area contributed by atoms with E-state index in [4.69, 9.17) is 24.2 Å². The number of hydrogen-bond donors (Lipinski definition) is 1. The highest BCUT2D eigenvalue weighted by Gasteiger charge is 2.51. The van der Waals surface area contributed by atoms with Crippen LogP contribution in [0.2, 0.25) is 0 Å². The number of aryl methyl sites for hydroxylation is 1. The van der Waals surface area contributed by atoms with Crippen LogP contribution in [-0.4, -0.2) is 77.3 Å². The van der Waals surface area contributed by atoms with E-state index in [0.29, 0.717) is 34.8 Å². The molecule has 2 aliphatic heterocycles. The Labute approximate surface area is 245 Å². The average Bonchev–Trinajstić information content (AvgIpc) is 3.56. The minimum Gasteiger partial charge on any atom is -0.497 e. The van der Waals surface area contributed by atoms with Crippen LogP contribution in [0, 0.1) is 17.3 Å². The number of nitrogens with one attached hydrogen (secondary N) is 1. The number of benzene rings is 1. The van der Waals surface area contributed by atoms with Gasteiger partial charge in [0, 0.05) is 6.07 Å². The van der Waals surface area contributed by atoms with Gasteiger partial charge >= 0.3 is 6.09 Å². The number of halogens is 1. The number of ether oxygens (including phenoxy) is 3. The predicted octanol–water partition coefficient (Wildman–Crippen LogP) is 4.42. The summed E-state index contributed by atoms with van der Waals surface area (Å²) in [6, 6.07) is 3.37. The molecule has 1 saturated carbocycles. The lowest BCUT2D eigenvalue weighted by Crippen LogP contribution is -2.57. The van der Waals surface area contributed by atoms with Crippen molar-refractivity contribution in [1.82, 2.24) is 20.2 Å². The van der Waals surface area contributed by atoms with Crippen molar-refractivity contribution in [3.05, 3.63) is 23.9 Å². The van der Waals surface area contributed by atoms with Crippen molar-refractivity contribution in [1.29, 1.82) is 0 Å². The standard InChI is InChI=1S/C31H41FN4O6/c1-17(37)26-20(15-32)25-16-36(26)29(38)27(31(2,3)4)35-30(39)42-24-13-18(24)9-7-6-8-10-22-28(41-25)34-23-14-19(40-5)11-12-21(23)33-22/h11-12,14,18,20,24-27H,6-10,13,15-16H2,1-5H3,(H,35,39)/t18-,20-,24-,25+,26-,27-/m1/s1. The molecule has 3 aliphatic rings. The van der Waals surface area contributed by atoms with Crippen LogP contribution < -0.4 is 14.8 Å². The van der Waals surface area contributed by atoms with Crippen molar-refractivity contribution in [2.45, 2.75) is 90.5 Å². The highest BCUT2D eigenvalue weighted by atomic mass is 19.1. The number of methoxy groups -OCH3 is 1. The fourth-order valence-corrected chi connectivity index (χ4v) is 6.16. The molecular formula is C31H41FN4O6. The first-order valence-electron chi connectivity index (χ1n) is 14.9. The summed E-state index contributed by atoms with van der Waals surface area (Å²) in [5, 5.41) is 2.76. The first kappa shape index (κ1) is 30.0. The Morgan fingerprint density at radius 3 is 2.60 bits per heavy atom. The zero-order valence-corrected chi connectivity index (χ0v) is 25.0. The Hall–Kier alpha value is -3.50. The first-order chi connectivity index (χ1) is 20.0.